The van der Waals surface area contributed by atoms with Gasteiger partial charge in [-0.3, -0.25) is 14.4 Å². The second-order valence-electron chi connectivity index (χ2n) is 15.3. The van der Waals surface area contributed by atoms with Gasteiger partial charge in [0.2, 0.25) is 5.91 Å². The summed E-state index contributed by atoms with van der Waals surface area (Å²) in [6.45, 7) is 15.1. The smallest absolute Gasteiger partial charge is 0.410 e. The van der Waals surface area contributed by atoms with Crippen molar-refractivity contribution in [1.82, 2.24) is 9.80 Å². The highest BCUT2D eigenvalue weighted by Gasteiger charge is 2.72. The van der Waals surface area contributed by atoms with Crippen molar-refractivity contribution in [2.24, 2.45) is 17.3 Å². The lowest BCUT2D eigenvalue weighted by molar-refractivity contribution is -0.140. The van der Waals surface area contributed by atoms with Gasteiger partial charge < -0.3 is 28.7 Å². The molecular formula is C34H52N2O8. The number of fused-ring (bicyclic) bond motifs is 2. The van der Waals surface area contributed by atoms with Crippen molar-refractivity contribution in [2.75, 3.05) is 26.8 Å². The molecule has 246 valence electrons. The highest BCUT2D eigenvalue weighted by molar-refractivity contribution is 5.91. The third-order valence-electron chi connectivity index (χ3n) is 10.7. The van der Waals surface area contributed by atoms with E-state index in [4.69, 9.17) is 18.9 Å². The van der Waals surface area contributed by atoms with Crippen molar-refractivity contribution >= 4 is 23.6 Å². The van der Waals surface area contributed by atoms with Crippen LogP contribution in [0.25, 0.3) is 0 Å². The molecule has 10 nitrogen and oxygen atoms in total. The lowest BCUT2D eigenvalue weighted by Crippen LogP contribution is -2.57. The number of likely N-dealkylation sites (tertiary alicyclic amines) is 2. The molecule has 0 radical (unpaired) electrons. The first-order valence-electron chi connectivity index (χ1n) is 16.4. The lowest BCUT2D eigenvalue weighted by atomic mass is 9.68. The van der Waals surface area contributed by atoms with Crippen LogP contribution in [0.5, 0.6) is 0 Å². The molecule has 1 spiro atoms. The summed E-state index contributed by atoms with van der Waals surface area (Å²) in [4.78, 5) is 55.1. The van der Waals surface area contributed by atoms with Gasteiger partial charge in [-0.25, -0.2) is 4.79 Å². The molecule has 1 aliphatic carbocycles. The molecule has 1 saturated carbocycles. The zero-order valence-electron chi connectivity index (χ0n) is 27.9. The molecule has 4 aliphatic heterocycles. The quantitative estimate of drug-likeness (QED) is 0.246. The van der Waals surface area contributed by atoms with Crippen LogP contribution in [0.2, 0.25) is 0 Å². The van der Waals surface area contributed by atoms with Crippen LogP contribution in [0, 0.1) is 17.3 Å². The number of piperazine rings is 1. The van der Waals surface area contributed by atoms with Crippen LogP contribution in [0.4, 0.5) is 4.79 Å². The SMILES string of the molecule is CO[C@@H]1[C@H](OC(=O)N2CC3CC2CN3C(=O)[C@H](C)CC(=O)CCC(=O)C(C)(C)C)CC[C@]2(CO2)[C@H]1[C@@]1(C)O[C@@H]1CC=C(C)C. The van der Waals surface area contributed by atoms with Gasteiger partial charge >= 0.3 is 6.09 Å². The van der Waals surface area contributed by atoms with E-state index in [2.05, 4.69) is 26.8 Å². The van der Waals surface area contributed by atoms with Gasteiger partial charge in [-0.15, -0.1) is 0 Å². The number of nitrogens with zero attached hydrogens (tertiary/aromatic N) is 2. The van der Waals surface area contributed by atoms with Crippen molar-refractivity contribution in [3.8, 4) is 0 Å². The third kappa shape index (κ3) is 6.49. The number of carbonyl (C=O) groups is 4. The number of ether oxygens (including phenoxy) is 4. The number of Topliss-reactive ketones (excluding diaryl/α,β-unsaturated/α-hetero) is 2. The number of ketones is 2. The molecule has 2 amide bonds. The molecule has 2 bridgehead atoms. The molecule has 9 atom stereocenters. The number of carbonyl (C=O) groups excluding carboxylic acids is 4. The standard InChI is InChI=1S/C34H52N2O8/c1-20(2)9-12-27-33(7,44-27)29-28(41-8)25(13-14-34(29)19-42-34)43-31(40)36-18-22-16-23(36)17-35(22)30(39)21(3)15-24(37)10-11-26(38)32(4,5)6/h9,21-23,25,27-29H,10-19H2,1-8H3/t21-,22?,23?,25-,27-,28-,29-,33+,34+/m1/s1. The number of hydrogen-bond acceptors (Lipinski definition) is 8. The van der Waals surface area contributed by atoms with Gasteiger partial charge in [0.25, 0.3) is 0 Å². The minimum Gasteiger partial charge on any atom is -0.443 e. The van der Waals surface area contributed by atoms with E-state index >= 15 is 0 Å². The van der Waals surface area contributed by atoms with Crippen LogP contribution >= 0.6 is 0 Å². The average Bonchev–Trinajstić information content (AvgIpc) is 3.76. The predicted molar refractivity (Wildman–Crippen MR) is 163 cm³/mol. The van der Waals surface area contributed by atoms with Crippen molar-refractivity contribution in [3.63, 3.8) is 0 Å². The number of methoxy groups -OCH3 is 1. The van der Waals surface area contributed by atoms with Crippen LogP contribution in [0.15, 0.2) is 11.6 Å². The Morgan fingerprint density at radius 1 is 1.07 bits per heavy atom. The average molecular weight is 617 g/mol. The Bertz CT molecular complexity index is 1180. The molecule has 5 aliphatic rings. The summed E-state index contributed by atoms with van der Waals surface area (Å²) >= 11 is 0. The van der Waals surface area contributed by atoms with Crippen LogP contribution in [-0.4, -0.2) is 102 Å². The number of epoxide rings is 2. The van der Waals surface area contributed by atoms with E-state index in [9.17, 15) is 19.2 Å². The molecular weight excluding hydrogens is 564 g/mol. The molecule has 4 heterocycles. The first kappa shape index (κ1) is 33.1. The fourth-order valence-corrected chi connectivity index (χ4v) is 7.87. The highest BCUT2D eigenvalue weighted by atomic mass is 16.6. The third-order valence-corrected chi connectivity index (χ3v) is 10.7. The summed E-state index contributed by atoms with van der Waals surface area (Å²) in [5.41, 5.74) is 0.0957. The Hall–Kier alpha value is -2.30. The van der Waals surface area contributed by atoms with Gasteiger partial charge in [0.1, 0.15) is 35.0 Å². The first-order chi connectivity index (χ1) is 20.6. The van der Waals surface area contributed by atoms with Crippen LogP contribution < -0.4 is 0 Å². The Morgan fingerprint density at radius 2 is 1.73 bits per heavy atom. The monoisotopic (exact) mass is 616 g/mol. The fourth-order valence-electron chi connectivity index (χ4n) is 7.87. The lowest BCUT2D eigenvalue weighted by Gasteiger charge is -2.43. The maximum atomic E-state index is 13.5. The molecule has 5 rings (SSSR count). The van der Waals surface area contributed by atoms with Gasteiger partial charge in [0.05, 0.1) is 30.7 Å². The molecule has 44 heavy (non-hydrogen) atoms. The number of hydrogen-bond donors (Lipinski definition) is 0. The summed E-state index contributed by atoms with van der Waals surface area (Å²) in [7, 11) is 1.67. The summed E-state index contributed by atoms with van der Waals surface area (Å²) in [5, 5.41) is 0. The van der Waals surface area contributed by atoms with Crippen molar-refractivity contribution in [1.29, 1.82) is 0 Å². The van der Waals surface area contributed by atoms with E-state index in [1.54, 1.807) is 18.9 Å². The maximum Gasteiger partial charge on any atom is 0.410 e. The van der Waals surface area contributed by atoms with E-state index in [1.807, 2.05) is 25.7 Å². The fraction of sp³-hybridized carbons (Fsp3) is 0.824. The summed E-state index contributed by atoms with van der Waals surface area (Å²) in [5.74, 6) is -0.583. The molecule has 0 aromatic heterocycles. The van der Waals surface area contributed by atoms with Gasteiger partial charge in [0, 0.05) is 50.8 Å². The molecule has 0 N–H and O–H groups in total. The number of allylic oxidation sites excluding steroid dienone is 1. The van der Waals surface area contributed by atoms with E-state index in [0.717, 1.165) is 12.8 Å². The Kier molecular flexibility index (Phi) is 9.12. The normalized spacial score (nSPS) is 36.3. The molecule has 10 heteroatoms. The Labute approximate surface area is 262 Å². The van der Waals surface area contributed by atoms with Crippen LogP contribution in [-0.2, 0) is 33.3 Å². The molecule has 0 aromatic rings. The van der Waals surface area contributed by atoms with Gasteiger partial charge in [0.15, 0.2) is 0 Å². The van der Waals surface area contributed by atoms with Crippen molar-refractivity contribution in [3.05, 3.63) is 11.6 Å². The summed E-state index contributed by atoms with van der Waals surface area (Å²) < 4.78 is 24.5. The van der Waals surface area contributed by atoms with E-state index < -0.39 is 23.0 Å². The van der Waals surface area contributed by atoms with Crippen molar-refractivity contribution in [2.45, 2.75) is 135 Å². The Balaban J connectivity index is 1.14. The van der Waals surface area contributed by atoms with Crippen LogP contribution in [0.3, 0.4) is 0 Å². The molecule has 2 unspecified atom stereocenters. The highest BCUT2D eigenvalue weighted by Crippen LogP contribution is 2.59. The number of rotatable bonds is 11. The maximum absolute atomic E-state index is 13.5. The second-order valence-corrected chi connectivity index (χ2v) is 15.3. The topological polar surface area (TPSA) is 118 Å². The van der Waals surface area contributed by atoms with Gasteiger partial charge in [-0.1, -0.05) is 39.3 Å². The van der Waals surface area contributed by atoms with Crippen molar-refractivity contribution < 1.29 is 38.1 Å². The minimum atomic E-state index is -0.474. The van der Waals surface area contributed by atoms with Crippen LogP contribution in [0.1, 0.15) is 93.4 Å². The van der Waals surface area contributed by atoms with Gasteiger partial charge in [-0.05, 0) is 46.5 Å². The second kappa shape index (κ2) is 12.1. The molecule has 0 aromatic carbocycles. The largest absolute Gasteiger partial charge is 0.443 e. The predicted octanol–water partition coefficient (Wildman–Crippen LogP) is 4.48. The zero-order valence-corrected chi connectivity index (χ0v) is 27.9. The Morgan fingerprint density at radius 3 is 2.30 bits per heavy atom. The minimum absolute atomic E-state index is 0.0407. The van der Waals surface area contributed by atoms with E-state index in [-0.39, 0.29) is 78.6 Å². The van der Waals surface area contributed by atoms with Gasteiger partial charge in [-0.2, -0.15) is 0 Å². The van der Waals surface area contributed by atoms with E-state index in [0.29, 0.717) is 32.5 Å². The van der Waals surface area contributed by atoms with E-state index in [1.165, 1.54) is 5.57 Å². The summed E-state index contributed by atoms with van der Waals surface area (Å²) in [6, 6.07) is -0.199. The number of amides is 2. The molecule has 4 saturated heterocycles. The first-order valence-corrected chi connectivity index (χ1v) is 16.4. The molecule has 5 fully saturated rings. The zero-order chi connectivity index (χ0) is 32.2. The summed E-state index contributed by atoms with van der Waals surface area (Å²) in [6.07, 6.45) is 4.65.